The zero-order valence-corrected chi connectivity index (χ0v) is 15.8. The summed E-state index contributed by atoms with van der Waals surface area (Å²) in [5.74, 6) is -0.149. The Morgan fingerprint density at radius 3 is 2.85 bits per heavy atom. The first-order valence-corrected chi connectivity index (χ1v) is 10.5. The van der Waals surface area contributed by atoms with E-state index in [1.807, 2.05) is 23.1 Å². The molecular formula is C20H25N3O2S. The van der Waals surface area contributed by atoms with E-state index in [1.54, 1.807) is 0 Å². The number of nitrogens with one attached hydrogen (secondary N) is 1. The van der Waals surface area contributed by atoms with E-state index in [0.717, 1.165) is 37.9 Å². The molecule has 0 bridgehead atoms. The van der Waals surface area contributed by atoms with E-state index in [2.05, 4.69) is 16.4 Å². The van der Waals surface area contributed by atoms with E-state index in [1.165, 1.54) is 36.6 Å². The maximum absolute atomic E-state index is 12.8. The number of para-hydroxylation sites is 1. The van der Waals surface area contributed by atoms with Gasteiger partial charge in [0, 0.05) is 24.7 Å². The summed E-state index contributed by atoms with van der Waals surface area (Å²) in [6.07, 6.45) is 8.25. The summed E-state index contributed by atoms with van der Waals surface area (Å²) in [6.45, 7) is 0.732. The van der Waals surface area contributed by atoms with Crippen LogP contribution >= 0.6 is 11.8 Å². The summed E-state index contributed by atoms with van der Waals surface area (Å²) in [4.78, 5) is 31.1. The highest BCUT2D eigenvalue weighted by atomic mass is 32.2. The van der Waals surface area contributed by atoms with Crippen LogP contribution in [-0.4, -0.2) is 34.8 Å². The molecule has 1 aliphatic carbocycles. The van der Waals surface area contributed by atoms with Gasteiger partial charge in [0.2, 0.25) is 5.91 Å². The second-order valence-corrected chi connectivity index (χ2v) is 8.51. The number of amidine groups is 1. The smallest absolute Gasteiger partial charge is 0.262 e. The summed E-state index contributed by atoms with van der Waals surface area (Å²) in [6, 6.07) is 8.49. The van der Waals surface area contributed by atoms with Gasteiger partial charge in [-0.3, -0.25) is 9.59 Å². The second kappa shape index (κ2) is 7.82. The van der Waals surface area contributed by atoms with Gasteiger partial charge >= 0.3 is 0 Å². The number of benzene rings is 1. The van der Waals surface area contributed by atoms with Crippen molar-refractivity contribution in [3.8, 4) is 0 Å². The molecule has 6 heteroatoms. The first kappa shape index (κ1) is 17.6. The molecule has 138 valence electrons. The standard InChI is InChI=1S/C20H25N3O2S/c24-18(23-12-6-8-14-7-4-5-11-16(14)23)13-17-19(25)22-20(26-17)21-15-9-2-1-3-10-15/h4-5,7,11,15,17H,1-3,6,8-10,12-13H2,(H,21,22,25). The maximum atomic E-state index is 12.8. The quantitative estimate of drug-likeness (QED) is 0.886. The van der Waals surface area contributed by atoms with Gasteiger partial charge in [-0.1, -0.05) is 49.2 Å². The van der Waals surface area contributed by atoms with Crippen molar-refractivity contribution in [1.29, 1.82) is 0 Å². The zero-order valence-electron chi connectivity index (χ0n) is 14.9. The van der Waals surface area contributed by atoms with E-state index in [4.69, 9.17) is 0 Å². The third-order valence-electron chi connectivity index (χ3n) is 5.45. The molecule has 1 aromatic rings. The van der Waals surface area contributed by atoms with Crippen LogP contribution in [0.5, 0.6) is 0 Å². The lowest BCUT2D eigenvalue weighted by molar-refractivity contribution is -0.122. The minimum absolute atomic E-state index is 0.0251. The summed E-state index contributed by atoms with van der Waals surface area (Å²) in [5, 5.41) is 3.73. The molecule has 0 radical (unpaired) electrons. The van der Waals surface area contributed by atoms with Crippen LogP contribution < -0.4 is 10.2 Å². The molecule has 0 aromatic heterocycles. The Bertz CT molecular complexity index is 728. The van der Waals surface area contributed by atoms with Gasteiger partial charge in [-0.05, 0) is 37.3 Å². The molecule has 1 unspecified atom stereocenters. The first-order valence-electron chi connectivity index (χ1n) is 9.65. The number of aryl methyl sites for hydroxylation is 1. The topological polar surface area (TPSA) is 61.8 Å². The van der Waals surface area contributed by atoms with E-state index < -0.39 is 0 Å². The minimum Gasteiger partial charge on any atom is -0.362 e. The summed E-state index contributed by atoms with van der Waals surface area (Å²) in [5.41, 5.74) is 2.22. The highest BCUT2D eigenvalue weighted by molar-refractivity contribution is 8.15. The van der Waals surface area contributed by atoms with Gasteiger partial charge in [-0.15, -0.1) is 0 Å². The van der Waals surface area contributed by atoms with Crippen LogP contribution in [0, 0.1) is 0 Å². The van der Waals surface area contributed by atoms with Crippen LogP contribution in [0.25, 0.3) is 0 Å². The van der Waals surface area contributed by atoms with Crippen LogP contribution in [0.1, 0.15) is 50.5 Å². The van der Waals surface area contributed by atoms with E-state index in [0.29, 0.717) is 11.2 Å². The molecule has 1 atom stereocenters. The lowest BCUT2D eigenvalue weighted by Crippen LogP contribution is -2.37. The number of amides is 2. The largest absolute Gasteiger partial charge is 0.362 e. The van der Waals surface area contributed by atoms with Crippen molar-refractivity contribution in [2.24, 2.45) is 4.99 Å². The third-order valence-corrected chi connectivity index (χ3v) is 6.53. The Morgan fingerprint density at radius 1 is 1.19 bits per heavy atom. The molecule has 1 fully saturated rings. The van der Waals surface area contributed by atoms with Crippen LogP contribution in [0.2, 0.25) is 0 Å². The van der Waals surface area contributed by atoms with Gasteiger partial charge < -0.3 is 10.2 Å². The van der Waals surface area contributed by atoms with Crippen LogP contribution in [-0.2, 0) is 16.0 Å². The van der Waals surface area contributed by atoms with Crippen molar-refractivity contribution in [3.63, 3.8) is 0 Å². The molecule has 1 aromatic carbocycles. The molecule has 3 aliphatic rings. The third kappa shape index (κ3) is 3.80. The lowest BCUT2D eigenvalue weighted by atomic mass is 9.96. The predicted octanol–water partition coefficient (Wildman–Crippen LogP) is 3.28. The number of anilines is 1. The van der Waals surface area contributed by atoms with Crippen molar-refractivity contribution in [1.82, 2.24) is 5.32 Å². The summed E-state index contributed by atoms with van der Waals surface area (Å²) < 4.78 is 0. The van der Waals surface area contributed by atoms with Gasteiger partial charge in [0.05, 0.1) is 0 Å². The molecule has 5 nitrogen and oxygen atoms in total. The first-order chi connectivity index (χ1) is 12.7. The average Bonchev–Trinajstić information content (AvgIpc) is 3.01. The Balaban J connectivity index is 1.36. The molecule has 1 saturated carbocycles. The Labute approximate surface area is 158 Å². The van der Waals surface area contributed by atoms with Crippen LogP contribution in [0.3, 0.4) is 0 Å². The van der Waals surface area contributed by atoms with E-state index in [-0.39, 0.29) is 23.5 Å². The van der Waals surface area contributed by atoms with Crippen LogP contribution in [0.4, 0.5) is 5.69 Å². The SMILES string of the molecule is O=C1N=C(NC2CCCCC2)SC1CC(=O)N1CCCc2ccccc21. The van der Waals surface area contributed by atoms with Crippen molar-refractivity contribution >= 4 is 34.4 Å². The number of thioether (sulfide) groups is 1. The summed E-state index contributed by atoms with van der Waals surface area (Å²) in [7, 11) is 0. The lowest BCUT2D eigenvalue weighted by Gasteiger charge is -2.30. The number of rotatable bonds is 3. The number of carbonyl (C=O) groups is 2. The monoisotopic (exact) mass is 371 g/mol. The normalized spacial score (nSPS) is 23.5. The number of aliphatic imine (C=N–C) groups is 1. The molecule has 2 amide bonds. The number of nitrogens with zero attached hydrogens (tertiary/aromatic N) is 2. The van der Waals surface area contributed by atoms with Gasteiger partial charge in [0.1, 0.15) is 5.25 Å². The Morgan fingerprint density at radius 2 is 2.00 bits per heavy atom. The second-order valence-electron chi connectivity index (χ2n) is 7.32. The number of hydrogen-bond donors (Lipinski definition) is 1. The van der Waals surface area contributed by atoms with E-state index >= 15 is 0 Å². The fourth-order valence-electron chi connectivity index (χ4n) is 4.06. The Hall–Kier alpha value is -1.82. The summed E-state index contributed by atoms with van der Waals surface area (Å²) >= 11 is 1.43. The number of fused-ring (bicyclic) bond motifs is 1. The molecule has 1 N–H and O–H groups in total. The molecule has 26 heavy (non-hydrogen) atoms. The van der Waals surface area contributed by atoms with Crippen LogP contribution in [0.15, 0.2) is 29.3 Å². The maximum Gasteiger partial charge on any atom is 0.262 e. The van der Waals surface area contributed by atoms with Crippen molar-refractivity contribution in [2.45, 2.75) is 62.7 Å². The highest BCUT2D eigenvalue weighted by Crippen LogP contribution is 2.30. The molecule has 2 aliphatic heterocycles. The molecule has 4 rings (SSSR count). The molecule has 2 heterocycles. The number of hydrogen-bond acceptors (Lipinski definition) is 4. The fraction of sp³-hybridized carbons (Fsp3) is 0.550. The average molecular weight is 372 g/mol. The van der Waals surface area contributed by atoms with Crippen molar-refractivity contribution < 1.29 is 9.59 Å². The van der Waals surface area contributed by atoms with E-state index in [9.17, 15) is 9.59 Å². The Kier molecular flexibility index (Phi) is 5.29. The predicted molar refractivity (Wildman–Crippen MR) is 106 cm³/mol. The van der Waals surface area contributed by atoms with Gasteiger partial charge in [-0.25, -0.2) is 0 Å². The van der Waals surface area contributed by atoms with Crippen molar-refractivity contribution in [2.75, 3.05) is 11.4 Å². The zero-order chi connectivity index (χ0) is 17.9. The fourth-order valence-corrected chi connectivity index (χ4v) is 5.09. The number of carbonyl (C=O) groups excluding carboxylic acids is 2. The molecule has 0 saturated heterocycles. The molecule has 0 spiro atoms. The van der Waals surface area contributed by atoms with Gasteiger partial charge in [0.25, 0.3) is 5.91 Å². The van der Waals surface area contributed by atoms with Gasteiger partial charge in [-0.2, -0.15) is 4.99 Å². The highest BCUT2D eigenvalue weighted by Gasteiger charge is 2.34. The molecular weight excluding hydrogens is 346 g/mol. The van der Waals surface area contributed by atoms with Crippen molar-refractivity contribution in [3.05, 3.63) is 29.8 Å². The minimum atomic E-state index is -0.386. The van der Waals surface area contributed by atoms with Gasteiger partial charge in [0.15, 0.2) is 5.17 Å².